The average molecular weight is 349 g/mol. The summed E-state index contributed by atoms with van der Waals surface area (Å²) in [7, 11) is -3.50. The average Bonchev–Trinajstić information content (AvgIpc) is 2.62. The molecule has 0 amide bonds. The van der Waals surface area contributed by atoms with Gasteiger partial charge < -0.3 is 10.5 Å². The number of rotatable bonds is 2. The molecule has 1 aromatic rings. The van der Waals surface area contributed by atoms with Crippen LogP contribution in [-0.4, -0.2) is 39.0 Å². The fourth-order valence-electron chi connectivity index (χ4n) is 2.05. The second-order valence-electron chi connectivity index (χ2n) is 4.51. The Morgan fingerprint density at radius 1 is 1.32 bits per heavy atom. The van der Waals surface area contributed by atoms with Crippen molar-refractivity contribution in [2.75, 3.05) is 32.0 Å². The highest BCUT2D eigenvalue weighted by Gasteiger charge is 2.27. The Kier molecular flexibility index (Phi) is 4.50. The van der Waals surface area contributed by atoms with Gasteiger partial charge in [0.05, 0.1) is 11.5 Å². The quantitative estimate of drug-likeness (QED) is 0.826. The molecule has 106 valence electrons. The van der Waals surface area contributed by atoms with Crippen LogP contribution in [0.5, 0.6) is 0 Å². The second kappa shape index (κ2) is 5.78. The molecule has 2 N–H and O–H groups in total. The number of halogens is 1. The number of nitrogens with zero attached hydrogens (tertiary/aromatic N) is 1. The van der Waals surface area contributed by atoms with Crippen LogP contribution in [-0.2, 0) is 14.8 Å². The molecule has 19 heavy (non-hydrogen) atoms. The van der Waals surface area contributed by atoms with E-state index >= 15 is 0 Å². The van der Waals surface area contributed by atoms with E-state index in [0.717, 1.165) is 0 Å². The van der Waals surface area contributed by atoms with Gasteiger partial charge in [-0.1, -0.05) is 0 Å². The van der Waals surface area contributed by atoms with Crippen molar-refractivity contribution in [3.05, 3.63) is 22.2 Å². The number of nitrogens with two attached hydrogens (primary N) is 1. The summed E-state index contributed by atoms with van der Waals surface area (Å²) in [5, 5.41) is 0. The zero-order chi connectivity index (χ0) is 14.0. The van der Waals surface area contributed by atoms with Crippen molar-refractivity contribution in [3.63, 3.8) is 0 Å². The van der Waals surface area contributed by atoms with Gasteiger partial charge in [-0.05, 0) is 47.0 Å². The van der Waals surface area contributed by atoms with Gasteiger partial charge in [0.2, 0.25) is 10.0 Å². The predicted molar refractivity (Wildman–Crippen MR) is 77.5 cm³/mol. The molecule has 0 radical (unpaired) electrons. The minimum absolute atomic E-state index is 0.273. The van der Waals surface area contributed by atoms with Gasteiger partial charge in [0.1, 0.15) is 0 Å². The maximum absolute atomic E-state index is 12.6. The summed E-state index contributed by atoms with van der Waals surface area (Å²) in [5.41, 5.74) is 6.90. The van der Waals surface area contributed by atoms with Crippen molar-refractivity contribution in [1.82, 2.24) is 4.31 Å². The van der Waals surface area contributed by atoms with Crippen LogP contribution in [0.25, 0.3) is 0 Å². The Balaban J connectivity index is 2.41. The lowest BCUT2D eigenvalue weighted by atomic mass is 10.2. The summed E-state index contributed by atoms with van der Waals surface area (Å²) >= 11 is 3.30. The Labute approximate surface area is 121 Å². The summed E-state index contributed by atoms with van der Waals surface area (Å²) in [6.45, 7) is 3.68. The lowest BCUT2D eigenvalue weighted by Crippen LogP contribution is -2.33. The molecule has 1 heterocycles. The zero-order valence-corrected chi connectivity index (χ0v) is 13.1. The maximum Gasteiger partial charge on any atom is 0.243 e. The minimum Gasteiger partial charge on any atom is -0.398 e. The van der Waals surface area contributed by atoms with Gasteiger partial charge in [-0.3, -0.25) is 0 Å². The third-order valence-electron chi connectivity index (χ3n) is 3.09. The van der Waals surface area contributed by atoms with Crippen LogP contribution in [0.4, 0.5) is 5.69 Å². The van der Waals surface area contributed by atoms with Crippen LogP contribution in [0.15, 0.2) is 21.5 Å². The van der Waals surface area contributed by atoms with Gasteiger partial charge in [0.25, 0.3) is 0 Å². The van der Waals surface area contributed by atoms with Crippen LogP contribution < -0.4 is 5.73 Å². The summed E-state index contributed by atoms with van der Waals surface area (Å²) in [4.78, 5) is 0.273. The first-order valence-corrected chi connectivity index (χ1v) is 8.30. The fourth-order valence-corrected chi connectivity index (χ4v) is 4.21. The number of hydrogen-bond acceptors (Lipinski definition) is 4. The molecule has 1 aliphatic heterocycles. The lowest BCUT2D eigenvalue weighted by Gasteiger charge is -2.21. The van der Waals surface area contributed by atoms with Crippen LogP contribution in [0.3, 0.4) is 0 Å². The molecule has 1 aliphatic rings. The molecule has 1 fully saturated rings. The van der Waals surface area contributed by atoms with E-state index in [1.807, 2.05) is 0 Å². The number of ether oxygens (including phenoxy) is 1. The van der Waals surface area contributed by atoms with E-state index in [2.05, 4.69) is 15.9 Å². The van der Waals surface area contributed by atoms with E-state index in [0.29, 0.717) is 48.4 Å². The van der Waals surface area contributed by atoms with E-state index < -0.39 is 10.0 Å². The Bertz CT molecular complexity index is 567. The highest BCUT2D eigenvalue weighted by atomic mass is 79.9. The molecule has 5 nitrogen and oxygen atoms in total. The molecule has 1 saturated heterocycles. The van der Waals surface area contributed by atoms with Gasteiger partial charge in [-0.2, -0.15) is 4.31 Å². The van der Waals surface area contributed by atoms with E-state index in [1.54, 1.807) is 13.0 Å². The van der Waals surface area contributed by atoms with Crippen molar-refractivity contribution in [3.8, 4) is 0 Å². The highest BCUT2D eigenvalue weighted by molar-refractivity contribution is 9.10. The number of benzene rings is 1. The normalized spacial score (nSPS) is 18.2. The van der Waals surface area contributed by atoms with Crippen LogP contribution >= 0.6 is 15.9 Å². The topological polar surface area (TPSA) is 72.6 Å². The van der Waals surface area contributed by atoms with Gasteiger partial charge in [-0.25, -0.2) is 8.42 Å². The molecule has 0 atom stereocenters. The van der Waals surface area contributed by atoms with Crippen molar-refractivity contribution >= 4 is 31.6 Å². The van der Waals surface area contributed by atoms with Crippen molar-refractivity contribution in [2.24, 2.45) is 0 Å². The molecule has 0 unspecified atom stereocenters. The number of hydrogen-bond donors (Lipinski definition) is 1. The fraction of sp³-hybridized carbons (Fsp3) is 0.500. The Morgan fingerprint density at radius 3 is 2.79 bits per heavy atom. The van der Waals surface area contributed by atoms with Crippen molar-refractivity contribution < 1.29 is 13.2 Å². The first-order chi connectivity index (χ1) is 8.93. The van der Waals surface area contributed by atoms with Crippen LogP contribution in [0, 0.1) is 6.92 Å². The summed E-state index contributed by atoms with van der Waals surface area (Å²) < 4.78 is 32.7. The third-order valence-corrected chi connectivity index (χ3v) is 5.82. The zero-order valence-electron chi connectivity index (χ0n) is 10.7. The van der Waals surface area contributed by atoms with E-state index in [9.17, 15) is 8.42 Å². The van der Waals surface area contributed by atoms with E-state index in [1.165, 1.54) is 10.4 Å². The molecule has 0 aliphatic carbocycles. The van der Waals surface area contributed by atoms with Gasteiger partial charge >= 0.3 is 0 Å². The monoisotopic (exact) mass is 348 g/mol. The van der Waals surface area contributed by atoms with E-state index in [4.69, 9.17) is 10.5 Å². The number of nitrogen functional groups attached to an aromatic ring is 1. The number of sulfonamides is 1. The first-order valence-electron chi connectivity index (χ1n) is 6.06. The molecule has 0 bridgehead atoms. The van der Waals surface area contributed by atoms with Crippen molar-refractivity contribution in [1.29, 1.82) is 0 Å². The molecular weight excluding hydrogens is 332 g/mol. The molecule has 7 heteroatoms. The summed E-state index contributed by atoms with van der Waals surface area (Å²) in [6, 6.07) is 3.25. The molecule has 0 saturated carbocycles. The van der Waals surface area contributed by atoms with E-state index in [-0.39, 0.29) is 4.90 Å². The molecule has 0 spiro atoms. The largest absolute Gasteiger partial charge is 0.398 e. The van der Waals surface area contributed by atoms with Crippen molar-refractivity contribution in [2.45, 2.75) is 18.2 Å². The molecular formula is C12H17BrN2O3S. The molecule has 0 aromatic heterocycles. The van der Waals surface area contributed by atoms with Gasteiger partial charge in [0, 0.05) is 29.9 Å². The number of aryl methyl sites for hydroxylation is 1. The Hall–Kier alpha value is -0.630. The molecule has 1 aromatic carbocycles. The van der Waals surface area contributed by atoms with Gasteiger partial charge in [-0.15, -0.1) is 0 Å². The summed E-state index contributed by atoms with van der Waals surface area (Å²) in [6.07, 6.45) is 0.713. The summed E-state index contributed by atoms with van der Waals surface area (Å²) in [5.74, 6) is 0. The lowest BCUT2D eigenvalue weighted by molar-refractivity contribution is 0.148. The highest BCUT2D eigenvalue weighted by Crippen LogP contribution is 2.28. The SMILES string of the molecule is Cc1cc(Br)c(N)cc1S(=O)(=O)N1CCCOCC1. The Morgan fingerprint density at radius 2 is 2.05 bits per heavy atom. The second-order valence-corrected chi connectivity index (χ2v) is 7.27. The molecule has 2 rings (SSSR count). The smallest absolute Gasteiger partial charge is 0.243 e. The maximum atomic E-state index is 12.6. The minimum atomic E-state index is -3.50. The third kappa shape index (κ3) is 3.10. The van der Waals surface area contributed by atoms with Crippen LogP contribution in [0.1, 0.15) is 12.0 Å². The standard InChI is InChI=1S/C12H17BrN2O3S/c1-9-7-10(13)11(14)8-12(9)19(16,17)15-3-2-5-18-6-4-15/h7-8H,2-6,14H2,1H3. The van der Waals surface area contributed by atoms with Crippen LogP contribution in [0.2, 0.25) is 0 Å². The first kappa shape index (κ1) is 14.8. The number of anilines is 1. The predicted octanol–water partition coefficient (Wildman–Crippen LogP) is 1.75. The van der Waals surface area contributed by atoms with Gasteiger partial charge in [0.15, 0.2) is 0 Å².